The number of carboxylic acid groups (broad SMARTS) is 1. The number of benzene rings is 1. The molecule has 1 aliphatic heterocycles. The molecular weight excluding hydrogens is 402 g/mol. The average Bonchev–Trinajstić information content (AvgIpc) is 3.35. The highest BCUT2D eigenvalue weighted by molar-refractivity contribution is 7.13. The van der Waals surface area contributed by atoms with Crippen LogP contribution in [0, 0.1) is 0 Å². The Bertz CT molecular complexity index is 848. The van der Waals surface area contributed by atoms with Crippen molar-refractivity contribution in [2.75, 3.05) is 11.5 Å². The minimum Gasteiger partial charge on any atom is -0.477 e. The van der Waals surface area contributed by atoms with Crippen molar-refractivity contribution in [3.05, 3.63) is 51.7 Å². The zero-order valence-corrected chi connectivity index (χ0v) is 18.1. The van der Waals surface area contributed by atoms with Gasteiger partial charge in [0.15, 0.2) is 0 Å². The van der Waals surface area contributed by atoms with E-state index < -0.39 is 12.1 Å². The first-order valence-corrected chi connectivity index (χ1v) is 11.3. The summed E-state index contributed by atoms with van der Waals surface area (Å²) in [7, 11) is 0. The molecule has 1 amide bonds. The van der Waals surface area contributed by atoms with Gasteiger partial charge in [0.1, 0.15) is 4.88 Å². The van der Waals surface area contributed by atoms with Gasteiger partial charge in [-0.25, -0.2) is 4.79 Å². The van der Waals surface area contributed by atoms with Gasteiger partial charge in [-0.15, -0.1) is 11.3 Å². The van der Waals surface area contributed by atoms with E-state index in [0.29, 0.717) is 24.5 Å². The molecule has 0 saturated carbocycles. The molecule has 1 fully saturated rings. The summed E-state index contributed by atoms with van der Waals surface area (Å²) in [5, 5.41) is 19.3. The predicted molar refractivity (Wildman–Crippen MR) is 117 cm³/mol. The maximum Gasteiger partial charge on any atom is 0.345 e. The van der Waals surface area contributed by atoms with Crippen LogP contribution in [0.1, 0.15) is 71.7 Å². The lowest BCUT2D eigenvalue weighted by atomic mass is 10.0. The number of carboxylic acids is 1. The van der Waals surface area contributed by atoms with E-state index in [1.807, 2.05) is 24.3 Å². The normalized spacial score (nSPS) is 17.5. The molecule has 1 aliphatic rings. The Morgan fingerprint density at radius 3 is 2.67 bits per heavy atom. The van der Waals surface area contributed by atoms with Crippen molar-refractivity contribution >= 4 is 28.9 Å². The third-order valence-corrected chi connectivity index (χ3v) is 6.44. The Balaban J connectivity index is 1.56. The largest absolute Gasteiger partial charge is 0.477 e. The van der Waals surface area contributed by atoms with Crippen LogP contribution in [-0.2, 0) is 16.1 Å². The number of thiophene rings is 1. The number of aromatic carboxylic acids is 1. The van der Waals surface area contributed by atoms with Crippen LogP contribution < -0.4 is 4.90 Å². The van der Waals surface area contributed by atoms with Crippen LogP contribution in [0.4, 0.5) is 5.69 Å². The van der Waals surface area contributed by atoms with Crippen molar-refractivity contribution in [3.63, 3.8) is 0 Å². The summed E-state index contributed by atoms with van der Waals surface area (Å²) in [5.41, 5.74) is 1.70. The van der Waals surface area contributed by atoms with Crippen molar-refractivity contribution in [1.82, 2.24) is 0 Å². The fourth-order valence-corrected chi connectivity index (χ4v) is 4.52. The first-order chi connectivity index (χ1) is 14.5. The number of unbranched alkanes of at least 4 members (excludes halogenated alkanes) is 2. The molecule has 1 unspecified atom stereocenters. The Morgan fingerprint density at radius 2 is 2.00 bits per heavy atom. The molecule has 162 valence electrons. The number of carbonyl (C=O) groups is 2. The zero-order chi connectivity index (χ0) is 21.5. The molecule has 7 heteroatoms. The fraction of sp³-hybridized carbons (Fsp3) is 0.478. The van der Waals surface area contributed by atoms with E-state index in [-0.39, 0.29) is 11.9 Å². The van der Waals surface area contributed by atoms with E-state index in [0.717, 1.165) is 48.2 Å². The van der Waals surface area contributed by atoms with Gasteiger partial charge in [0.25, 0.3) is 0 Å². The van der Waals surface area contributed by atoms with Gasteiger partial charge in [0.2, 0.25) is 5.91 Å². The number of amides is 1. The maximum atomic E-state index is 12.4. The van der Waals surface area contributed by atoms with E-state index in [1.165, 1.54) is 11.3 Å². The summed E-state index contributed by atoms with van der Waals surface area (Å²) in [6.07, 6.45) is 4.73. The maximum absolute atomic E-state index is 12.4. The number of carbonyl (C=O) groups excluding carboxylic acids is 1. The van der Waals surface area contributed by atoms with E-state index >= 15 is 0 Å². The topological polar surface area (TPSA) is 87.1 Å². The molecule has 30 heavy (non-hydrogen) atoms. The number of ether oxygens (including phenoxy) is 1. The summed E-state index contributed by atoms with van der Waals surface area (Å²) >= 11 is 1.20. The predicted octanol–water partition coefficient (Wildman–Crippen LogP) is 4.77. The van der Waals surface area contributed by atoms with Gasteiger partial charge >= 0.3 is 5.97 Å². The van der Waals surface area contributed by atoms with Crippen molar-refractivity contribution in [2.24, 2.45) is 0 Å². The van der Waals surface area contributed by atoms with Crippen LogP contribution >= 0.6 is 11.3 Å². The Kier molecular flexibility index (Phi) is 8.01. The number of rotatable bonds is 11. The van der Waals surface area contributed by atoms with Crippen LogP contribution in [0.15, 0.2) is 36.4 Å². The highest BCUT2D eigenvalue weighted by Crippen LogP contribution is 2.29. The third kappa shape index (κ3) is 5.68. The first kappa shape index (κ1) is 22.5. The molecule has 2 atom stereocenters. The number of anilines is 1. The SMILES string of the molecule is CCCCC[C@@H](O)c1ccc(N2C(=O)CCC2COCc2ccc(C(=O)O)s2)cc1. The van der Waals surface area contributed by atoms with E-state index in [4.69, 9.17) is 9.84 Å². The summed E-state index contributed by atoms with van der Waals surface area (Å²) < 4.78 is 5.80. The summed E-state index contributed by atoms with van der Waals surface area (Å²) in [6.45, 7) is 2.87. The van der Waals surface area contributed by atoms with Crippen LogP contribution in [0.2, 0.25) is 0 Å². The molecule has 0 radical (unpaired) electrons. The van der Waals surface area contributed by atoms with Gasteiger partial charge < -0.3 is 19.8 Å². The van der Waals surface area contributed by atoms with Crippen LogP contribution in [0.5, 0.6) is 0 Å². The van der Waals surface area contributed by atoms with Gasteiger partial charge in [0, 0.05) is 17.0 Å². The number of hydrogen-bond donors (Lipinski definition) is 2. The molecule has 1 saturated heterocycles. The Hall–Kier alpha value is -2.22. The number of aliphatic hydroxyl groups excluding tert-OH is 1. The van der Waals surface area contributed by atoms with Crippen molar-refractivity contribution in [3.8, 4) is 0 Å². The molecular formula is C23H29NO5S. The number of nitrogens with zero attached hydrogens (tertiary/aromatic N) is 1. The molecule has 0 aliphatic carbocycles. The van der Waals surface area contributed by atoms with Gasteiger partial charge in [-0.05, 0) is 42.7 Å². The van der Waals surface area contributed by atoms with Crippen molar-refractivity contribution < 1.29 is 24.5 Å². The Morgan fingerprint density at radius 1 is 1.23 bits per heavy atom. The van der Waals surface area contributed by atoms with Gasteiger partial charge in [-0.3, -0.25) is 4.79 Å². The number of hydrogen-bond acceptors (Lipinski definition) is 5. The second-order valence-corrected chi connectivity index (χ2v) is 8.81. The third-order valence-electron chi connectivity index (χ3n) is 5.39. The highest BCUT2D eigenvalue weighted by atomic mass is 32.1. The molecule has 1 aromatic carbocycles. The minimum absolute atomic E-state index is 0.0447. The molecule has 6 nitrogen and oxygen atoms in total. The Labute approximate surface area is 181 Å². The van der Waals surface area contributed by atoms with Crippen molar-refractivity contribution in [2.45, 2.75) is 64.2 Å². The summed E-state index contributed by atoms with van der Waals surface area (Å²) in [6, 6.07) is 10.9. The van der Waals surface area contributed by atoms with Crippen LogP contribution in [-0.4, -0.2) is 34.7 Å². The number of aliphatic hydroxyl groups is 1. The lowest BCUT2D eigenvalue weighted by Gasteiger charge is -2.25. The molecule has 2 N–H and O–H groups in total. The van der Waals surface area contributed by atoms with Crippen LogP contribution in [0.3, 0.4) is 0 Å². The van der Waals surface area contributed by atoms with E-state index in [1.54, 1.807) is 17.0 Å². The standard InChI is InChI=1S/C23H29NO5S/c1-2-3-4-5-20(25)16-6-8-17(9-7-16)24-18(10-13-22(24)26)14-29-15-19-11-12-21(30-19)23(27)28/h6-9,11-12,18,20,25H,2-5,10,13-15H2,1H3,(H,27,28)/t18?,20-/m1/s1. The molecule has 0 bridgehead atoms. The van der Waals surface area contributed by atoms with Gasteiger partial charge in [-0.1, -0.05) is 38.3 Å². The van der Waals surface area contributed by atoms with Crippen LogP contribution in [0.25, 0.3) is 0 Å². The molecule has 1 aromatic heterocycles. The van der Waals surface area contributed by atoms with Gasteiger partial charge in [0.05, 0.1) is 25.4 Å². The minimum atomic E-state index is -0.933. The van der Waals surface area contributed by atoms with E-state index in [9.17, 15) is 14.7 Å². The zero-order valence-electron chi connectivity index (χ0n) is 17.3. The lowest BCUT2D eigenvalue weighted by molar-refractivity contribution is -0.117. The first-order valence-electron chi connectivity index (χ1n) is 10.5. The molecule has 2 heterocycles. The fourth-order valence-electron chi connectivity index (χ4n) is 3.73. The smallest absolute Gasteiger partial charge is 0.345 e. The quantitative estimate of drug-likeness (QED) is 0.500. The molecule has 0 spiro atoms. The monoisotopic (exact) mass is 431 g/mol. The second-order valence-electron chi connectivity index (χ2n) is 7.65. The lowest BCUT2D eigenvalue weighted by Crippen LogP contribution is -2.36. The summed E-state index contributed by atoms with van der Waals surface area (Å²) in [5.74, 6) is -0.859. The second kappa shape index (κ2) is 10.7. The summed E-state index contributed by atoms with van der Waals surface area (Å²) in [4.78, 5) is 26.4. The van der Waals surface area contributed by atoms with Crippen molar-refractivity contribution in [1.29, 1.82) is 0 Å². The molecule has 2 aromatic rings. The molecule has 3 rings (SSSR count). The van der Waals surface area contributed by atoms with E-state index in [2.05, 4.69) is 6.92 Å². The van der Waals surface area contributed by atoms with Gasteiger partial charge in [-0.2, -0.15) is 0 Å². The highest BCUT2D eigenvalue weighted by Gasteiger charge is 2.32. The average molecular weight is 432 g/mol.